The van der Waals surface area contributed by atoms with Crippen LogP contribution in [0.3, 0.4) is 0 Å². The van der Waals surface area contributed by atoms with E-state index in [1.807, 2.05) is 0 Å². The summed E-state index contributed by atoms with van der Waals surface area (Å²) < 4.78 is 30.4. The first-order valence-corrected chi connectivity index (χ1v) is 15.3. The summed E-state index contributed by atoms with van der Waals surface area (Å²) in [6, 6.07) is 6.98. The Labute approximate surface area is 254 Å². The van der Waals surface area contributed by atoms with Gasteiger partial charge in [0.05, 0.1) is 13.2 Å². The van der Waals surface area contributed by atoms with Gasteiger partial charge >= 0.3 is 24.4 Å². The molecule has 0 spiro atoms. The van der Waals surface area contributed by atoms with Gasteiger partial charge in [0.1, 0.15) is 39.1 Å². The van der Waals surface area contributed by atoms with Gasteiger partial charge in [0, 0.05) is 61.1 Å². The molecule has 0 atom stereocenters. The Bertz CT molecular complexity index is 1230. The number of aromatic nitrogens is 6. The number of carbonyl (C=O) groups is 4. The zero-order chi connectivity index (χ0) is 30.5. The van der Waals surface area contributed by atoms with E-state index in [9.17, 15) is 19.2 Å². The number of hydrogen-bond acceptors (Lipinski definition) is 13. The molecule has 0 saturated heterocycles. The molecule has 0 aliphatic carbocycles. The van der Waals surface area contributed by atoms with Gasteiger partial charge in [-0.2, -0.15) is 0 Å². The molecular formula is C26H30N6O9S2. The third kappa shape index (κ3) is 12.9. The standard InChI is InChI=1S/C13H15N3O5.C13H15N3O4S2/c17-12(15-4-1-2-5-15)20-9-7-19-8-10-21-13(18)16-6-3-14-11-16;17-12(15-4-1-2-5-15)19-7-9-21-22-10-8-20-13(18)16-6-3-14-11-16/h1-6,11H,7-10H2;1-6,11H,7-10H2. The molecule has 0 aliphatic heterocycles. The van der Waals surface area contributed by atoms with Crippen molar-refractivity contribution in [2.75, 3.05) is 51.1 Å². The first-order chi connectivity index (χ1) is 21.0. The molecule has 0 aromatic carbocycles. The van der Waals surface area contributed by atoms with Crippen molar-refractivity contribution in [1.29, 1.82) is 0 Å². The predicted octanol–water partition coefficient (Wildman–Crippen LogP) is 4.11. The summed E-state index contributed by atoms with van der Waals surface area (Å²) in [5.41, 5.74) is 0. The van der Waals surface area contributed by atoms with Crippen molar-refractivity contribution in [3.63, 3.8) is 0 Å². The molecule has 4 heterocycles. The highest BCUT2D eigenvalue weighted by Gasteiger charge is 2.07. The summed E-state index contributed by atoms with van der Waals surface area (Å²) in [5.74, 6) is 1.34. The molecule has 0 unspecified atom stereocenters. The third-order valence-electron chi connectivity index (χ3n) is 4.84. The molecule has 230 valence electrons. The highest BCUT2D eigenvalue weighted by Crippen LogP contribution is 2.20. The minimum Gasteiger partial charge on any atom is -0.448 e. The van der Waals surface area contributed by atoms with Crippen LogP contribution in [0.1, 0.15) is 0 Å². The Morgan fingerprint density at radius 2 is 0.860 bits per heavy atom. The van der Waals surface area contributed by atoms with Crippen molar-refractivity contribution in [3.8, 4) is 0 Å². The fourth-order valence-electron chi connectivity index (χ4n) is 2.87. The van der Waals surface area contributed by atoms with Crippen LogP contribution in [-0.4, -0.2) is 104 Å². The van der Waals surface area contributed by atoms with Crippen LogP contribution in [0.2, 0.25) is 0 Å². The summed E-state index contributed by atoms with van der Waals surface area (Å²) in [7, 11) is 3.12. The maximum absolute atomic E-state index is 11.5. The van der Waals surface area contributed by atoms with Gasteiger partial charge in [0.2, 0.25) is 0 Å². The fourth-order valence-corrected chi connectivity index (χ4v) is 4.52. The van der Waals surface area contributed by atoms with E-state index in [2.05, 4.69) is 9.97 Å². The van der Waals surface area contributed by atoms with Crippen LogP contribution in [0.5, 0.6) is 0 Å². The summed E-state index contributed by atoms with van der Waals surface area (Å²) in [6.07, 6.45) is 13.4. The number of rotatable bonds is 13. The highest BCUT2D eigenvalue weighted by atomic mass is 33.1. The largest absolute Gasteiger partial charge is 0.448 e. The molecule has 0 radical (unpaired) electrons. The Hall–Kier alpha value is -4.48. The van der Waals surface area contributed by atoms with Gasteiger partial charge in [-0.15, -0.1) is 0 Å². The molecule has 0 saturated carbocycles. The maximum atomic E-state index is 11.5. The van der Waals surface area contributed by atoms with Gasteiger partial charge < -0.3 is 23.7 Å². The van der Waals surface area contributed by atoms with Crippen LogP contribution in [0.4, 0.5) is 19.2 Å². The minimum atomic E-state index is -0.518. The van der Waals surface area contributed by atoms with Gasteiger partial charge in [0.15, 0.2) is 0 Å². The SMILES string of the molecule is O=C(OCCOCCOC(=O)n1ccnc1)n1cccc1.O=C(OCCSSCCOC(=O)n1ccnc1)n1cccc1. The molecule has 0 N–H and O–H groups in total. The lowest BCUT2D eigenvalue weighted by atomic mass is 10.7. The summed E-state index contributed by atoms with van der Waals surface area (Å²) in [4.78, 5) is 53.2. The molecule has 0 aliphatic rings. The van der Waals surface area contributed by atoms with Gasteiger partial charge in [-0.05, 0) is 24.3 Å². The first-order valence-electron chi connectivity index (χ1n) is 12.8. The van der Waals surface area contributed by atoms with Crippen molar-refractivity contribution < 1.29 is 42.9 Å². The van der Waals surface area contributed by atoms with Gasteiger partial charge in [0.25, 0.3) is 0 Å². The van der Waals surface area contributed by atoms with Crippen LogP contribution < -0.4 is 0 Å². The third-order valence-corrected chi connectivity index (χ3v) is 7.17. The molecule has 0 fully saturated rings. The lowest BCUT2D eigenvalue weighted by Crippen LogP contribution is -2.18. The van der Waals surface area contributed by atoms with Crippen LogP contribution in [0, 0.1) is 0 Å². The van der Waals surface area contributed by atoms with Crippen molar-refractivity contribution >= 4 is 46.0 Å². The van der Waals surface area contributed by atoms with Crippen LogP contribution in [0.25, 0.3) is 0 Å². The van der Waals surface area contributed by atoms with Crippen LogP contribution in [0.15, 0.2) is 86.5 Å². The van der Waals surface area contributed by atoms with Gasteiger partial charge in [-0.3, -0.25) is 9.13 Å². The fraction of sp³-hybridized carbons (Fsp3) is 0.308. The quantitative estimate of drug-likeness (QED) is 0.118. The summed E-state index contributed by atoms with van der Waals surface area (Å²) >= 11 is 0. The number of nitrogens with zero attached hydrogens (tertiary/aromatic N) is 6. The van der Waals surface area contributed by atoms with E-state index >= 15 is 0 Å². The van der Waals surface area contributed by atoms with Gasteiger partial charge in [-0.1, -0.05) is 21.6 Å². The van der Waals surface area contributed by atoms with Crippen molar-refractivity contribution in [2.24, 2.45) is 0 Å². The number of imidazole rings is 2. The molecule has 17 heteroatoms. The molecule has 0 bridgehead atoms. The molecule has 4 rings (SSSR count). The van der Waals surface area contributed by atoms with Crippen LogP contribution in [-0.2, 0) is 23.7 Å². The molecular weight excluding hydrogens is 604 g/mol. The number of carbonyl (C=O) groups excluding carboxylic acids is 4. The molecule has 15 nitrogen and oxygen atoms in total. The van der Waals surface area contributed by atoms with E-state index in [1.54, 1.807) is 70.6 Å². The van der Waals surface area contributed by atoms with E-state index in [1.165, 1.54) is 55.7 Å². The average molecular weight is 635 g/mol. The van der Waals surface area contributed by atoms with Gasteiger partial charge in [-0.25, -0.2) is 38.3 Å². The predicted molar refractivity (Wildman–Crippen MR) is 156 cm³/mol. The molecule has 4 aromatic heterocycles. The summed E-state index contributed by atoms with van der Waals surface area (Å²) in [5, 5.41) is 0. The van der Waals surface area contributed by atoms with E-state index in [0.29, 0.717) is 24.7 Å². The van der Waals surface area contributed by atoms with Crippen molar-refractivity contribution in [3.05, 3.63) is 86.5 Å². The van der Waals surface area contributed by atoms with E-state index in [0.717, 1.165) is 0 Å². The minimum absolute atomic E-state index is 0.114. The van der Waals surface area contributed by atoms with Crippen LogP contribution >= 0.6 is 21.6 Å². The van der Waals surface area contributed by atoms with Crippen molar-refractivity contribution in [1.82, 2.24) is 28.2 Å². The second kappa shape index (κ2) is 19.6. The lowest BCUT2D eigenvalue weighted by Gasteiger charge is -2.07. The first kappa shape index (κ1) is 33.0. The van der Waals surface area contributed by atoms with E-state index in [-0.39, 0.29) is 32.5 Å². The smallest absolute Gasteiger partial charge is 0.419 e. The Kier molecular flexibility index (Phi) is 15.1. The lowest BCUT2D eigenvalue weighted by molar-refractivity contribution is 0.0462. The monoisotopic (exact) mass is 634 g/mol. The Morgan fingerprint density at radius 1 is 0.488 bits per heavy atom. The second-order valence-corrected chi connectivity index (χ2v) is 10.5. The van der Waals surface area contributed by atoms with Crippen molar-refractivity contribution in [2.45, 2.75) is 0 Å². The number of ether oxygens (including phenoxy) is 5. The maximum Gasteiger partial charge on any atom is 0.419 e. The molecule has 0 amide bonds. The van der Waals surface area contributed by atoms with E-state index in [4.69, 9.17) is 23.7 Å². The molecule has 43 heavy (non-hydrogen) atoms. The highest BCUT2D eigenvalue weighted by molar-refractivity contribution is 8.76. The zero-order valence-corrected chi connectivity index (χ0v) is 24.5. The Morgan fingerprint density at radius 3 is 1.23 bits per heavy atom. The average Bonchev–Trinajstić information content (AvgIpc) is 3.86. The van der Waals surface area contributed by atoms with E-state index < -0.39 is 18.3 Å². The normalized spacial score (nSPS) is 10.3. The summed E-state index contributed by atoms with van der Waals surface area (Å²) in [6.45, 7) is 1.35. The second-order valence-electron chi connectivity index (χ2n) is 7.83. The number of hydrogen-bond donors (Lipinski definition) is 0. The zero-order valence-electron chi connectivity index (χ0n) is 22.9. The topological polar surface area (TPSA) is 160 Å². The molecule has 4 aromatic rings. The Balaban J connectivity index is 0.000000236.